The molecule has 1 aliphatic heterocycles. The van der Waals surface area contributed by atoms with Crippen molar-refractivity contribution < 1.29 is 4.79 Å². The quantitative estimate of drug-likeness (QED) is 0.680. The number of anilines is 1. The number of para-hydroxylation sites is 1. The fourth-order valence-electron chi connectivity index (χ4n) is 1.89. The van der Waals surface area contributed by atoms with Crippen LogP contribution in [-0.2, 0) is 0 Å². The Labute approximate surface area is 84.3 Å². The Morgan fingerprint density at radius 1 is 1.43 bits per heavy atom. The maximum atomic E-state index is 11.8. The van der Waals surface area contributed by atoms with E-state index in [1.807, 2.05) is 25.1 Å². The van der Waals surface area contributed by atoms with Crippen LogP contribution in [0, 0.1) is 6.92 Å². The summed E-state index contributed by atoms with van der Waals surface area (Å²) >= 11 is 0. The summed E-state index contributed by atoms with van der Waals surface area (Å²) in [5, 5.41) is 3.40. The summed E-state index contributed by atoms with van der Waals surface area (Å²) < 4.78 is 0. The molecule has 0 aliphatic carbocycles. The van der Waals surface area contributed by atoms with E-state index in [-0.39, 0.29) is 5.78 Å². The molecule has 2 heteroatoms. The van der Waals surface area contributed by atoms with Gasteiger partial charge in [0, 0.05) is 23.7 Å². The smallest absolute Gasteiger partial charge is 0.165 e. The molecule has 0 radical (unpaired) electrons. The van der Waals surface area contributed by atoms with Crippen molar-refractivity contribution in [2.24, 2.45) is 0 Å². The van der Waals surface area contributed by atoms with E-state index in [9.17, 15) is 4.79 Å². The van der Waals surface area contributed by atoms with Crippen molar-refractivity contribution in [1.82, 2.24) is 0 Å². The number of hydrogen-bond donors (Lipinski definition) is 1. The fraction of sp³-hybridized carbons (Fsp3) is 0.417. The number of rotatable bonds is 0. The van der Waals surface area contributed by atoms with E-state index in [1.54, 1.807) is 0 Å². The van der Waals surface area contributed by atoms with E-state index in [1.165, 1.54) is 0 Å². The largest absolute Gasteiger partial charge is 0.382 e. The Kier molecular flexibility index (Phi) is 2.28. The Hall–Kier alpha value is -1.31. The molecule has 0 spiro atoms. The lowest BCUT2D eigenvalue weighted by Crippen LogP contribution is -2.13. The first kappa shape index (κ1) is 9.25. The molecule has 0 amide bonds. The molecule has 1 aromatic rings. The van der Waals surface area contributed by atoms with E-state index in [0.29, 0.717) is 12.5 Å². The second kappa shape index (κ2) is 3.45. The highest BCUT2D eigenvalue weighted by atomic mass is 16.1. The zero-order valence-electron chi connectivity index (χ0n) is 8.63. The summed E-state index contributed by atoms with van der Waals surface area (Å²) in [6.45, 7) is 4.16. The highest BCUT2D eigenvalue weighted by Crippen LogP contribution is 2.26. The molecule has 0 fully saturated rings. The number of carbonyl (C=O) groups is 1. The van der Waals surface area contributed by atoms with Gasteiger partial charge >= 0.3 is 0 Å². The maximum absolute atomic E-state index is 11.8. The summed E-state index contributed by atoms with van der Waals surface area (Å²) in [5.41, 5.74) is 3.04. The third kappa shape index (κ3) is 1.52. The van der Waals surface area contributed by atoms with Gasteiger partial charge in [0.15, 0.2) is 5.78 Å². The molecular formula is C12H15NO. The lowest BCUT2D eigenvalue weighted by molar-refractivity contribution is 0.0982. The molecule has 0 saturated carbocycles. The molecule has 74 valence electrons. The highest BCUT2D eigenvalue weighted by Gasteiger charge is 2.19. The first-order valence-electron chi connectivity index (χ1n) is 5.08. The van der Waals surface area contributed by atoms with Gasteiger partial charge in [0.05, 0.1) is 0 Å². The summed E-state index contributed by atoms with van der Waals surface area (Å²) in [6.07, 6.45) is 1.58. The van der Waals surface area contributed by atoms with Gasteiger partial charge in [-0.1, -0.05) is 12.1 Å². The van der Waals surface area contributed by atoms with Gasteiger partial charge in [0.1, 0.15) is 0 Å². The van der Waals surface area contributed by atoms with Crippen LogP contribution in [0.5, 0.6) is 0 Å². The van der Waals surface area contributed by atoms with E-state index >= 15 is 0 Å². The van der Waals surface area contributed by atoms with Crippen molar-refractivity contribution in [3.63, 3.8) is 0 Å². The minimum absolute atomic E-state index is 0.264. The lowest BCUT2D eigenvalue weighted by Gasteiger charge is -2.14. The van der Waals surface area contributed by atoms with Crippen LogP contribution in [-0.4, -0.2) is 11.8 Å². The molecule has 2 rings (SSSR count). The second-order valence-corrected chi connectivity index (χ2v) is 4.00. The summed E-state index contributed by atoms with van der Waals surface area (Å²) in [6, 6.07) is 6.29. The summed E-state index contributed by atoms with van der Waals surface area (Å²) in [7, 11) is 0. The normalized spacial score (nSPS) is 21.0. The minimum Gasteiger partial charge on any atom is -0.382 e. The van der Waals surface area contributed by atoms with Gasteiger partial charge < -0.3 is 5.32 Å². The zero-order valence-corrected chi connectivity index (χ0v) is 8.63. The van der Waals surface area contributed by atoms with E-state index in [0.717, 1.165) is 23.2 Å². The fourth-order valence-corrected chi connectivity index (χ4v) is 1.89. The van der Waals surface area contributed by atoms with Gasteiger partial charge in [-0.3, -0.25) is 4.79 Å². The molecule has 1 unspecified atom stereocenters. The molecular weight excluding hydrogens is 174 g/mol. The first-order valence-corrected chi connectivity index (χ1v) is 5.08. The maximum Gasteiger partial charge on any atom is 0.165 e. The summed E-state index contributed by atoms with van der Waals surface area (Å²) in [5.74, 6) is 0.264. The van der Waals surface area contributed by atoms with Crippen molar-refractivity contribution in [1.29, 1.82) is 0 Å². The molecule has 1 aromatic carbocycles. The van der Waals surface area contributed by atoms with Crippen LogP contribution in [0.1, 0.15) is 35.7 Å². The predicted octanol–water partition coefficient (Wildman–Crippen LogP) is 2.77. The number of carbonyl (C=O) groups excluding carboxylic acids is 1. The molecule has 1 atom stereocenters. The van der Waals surface area contributed by atoms with Crippen LogP contribution in [0.4, 0.5) is 5.69 Å². The lowest BCUT2D eigenvalue weighted by atomic mass is 10.0. The third-order valence-electron chi connectivity index (χ3n) is 2.77. The number of ketones is 1. The van der Waals surface area contributed by atoms with Crippen molar-refractivity contribution in [3.05, 3.63) is 29.3 Å². The van der Waals surface area contributed by atoms with Crippen molar-refractivity contribution >= 4 is 11.5 Å². The average Bonchev–Trinajstić information content (AvgIpc) is 2.30. The van der Waals surface area contributed by atoms with Crippen molar-refractivity contribution in [2.45, 2.75) is 32.7 Å². The predicted molar refractivity (Wildman–Crippen MR) is 57.8 cm³/mol. The minimum atomic E-state index is 0.264. The van der Waals surface area contributed by atoms with Crippen LogP contribution >= 0.6 is 0 Å². The second-order valence-electron chi connectivity index (χ2n) is 4.00. The molecule has 0 aromatic heterocycles. The number of hydrogen-bond acceptors (Lipinski definition) is 2. The molecule has 14 heavy (non-hydrogen) atoms. The zero-order chi connectivity index (χ0) is 10.1. The Bertz CT molecular complexity index is 371. The van der Waals surface area contributed by atoms with Crippen LogP contribution in [0.15, 0.2) is 18.2 Å². The number of aryl methyl sites for hydroxylation is 1. The van der Waals surface area contributed by atoms with Crippen LogP contribution < -0.4 is 5.32 Å². The molecule has 2 nitrogen and oxygen atoms in total. The van der Waals surface area contributed by atoms with Gasteiger partial charge in [0.2, 0.25) is 0 Å². The van der Waals surface area contributed by atoms with Gasteiger partial charge in [-0.05, 0) is 31.9 Å². The van der Waals surface area contributed by atoms with Crippen LogP contribution in [0.2, 0.25) is 0 Å². The molecule has 0 saturated heterocycles. The van der Waals surface area contributed by atoms with Gasteiger partial charge in [-0.15, -0.1) is 0 Å². The monoisotopic (exact) mass is 189 g/mol. The number of nitrogens with one attached hydrogen (secondary N) is 1. The van der Waals surface area contributed by atoms with E-state index in [2.05, 4.69) is 12.2 Å². The van der Waals surface area contributed by atoms with Crippen molar-refractivity contribution in [3.8, 4) is 0 Å². The number of fused-ring (bicyclic) bond motifs is 1. The Balaban J connectivity index is 2.52. The number of benzene rings is 1. The molecule has 0 bridgehead atoms. The topological polar surface area (TPSA) is 29.1 Å². The van der Waals surface area contributed by atoms with Crippen molar-refractivity contribution in [2.75, 3.05) is 5.32 Å². The average molecular weight is 189 g/mol. The first-order chi connectivity index (χ1) is 6.68. The molecule has 1 aliphatic rings. The Morgan fingerprint density at radius 2 is 2.21 bits per heavy atom. The van der Waals surface area contributed by atoms with Gasteiger partial charge in [-0.25, -0.2) is 0 Å². The Morgan fingerprint density at radius 3 is 3.00 bits per heavy atom. The van der Waals surface area contributed by atoms with E-state index < -0.39 is 0 Å². The van der Waals surface area contributed by atoms with Crippen LogP contribution in [0.25, 0.3) is 0 Å². The van der Waals surface area contributed by atoms with Gasteiger partial charge in [-0.2, -0.15) is 0 Å². The molecule has 1 heterocycles. The van der Waals surface area contributed by atoms with Gasteiger partial charge in [0.25, 0.3) is 0 Å². The SMILES string of the molecule is Cc1cccc2c1NC(C)CCC2=O. The van der Waals surface area contributed by atoms with Crippen LogP contribution in [0.3, 0.4) is 0 Å². The highest BCUT2D eigenvalue weighted by molar-refractivity contribution is 6.02. The standard InChI is InChI=1S/C12H15NO/c1-8-4-3-5-10-11(14)7-6-9(2)13-12(8)10/h3-5,9,13H,6-7H2,1-2H3. The number of Topliss-reactive ketones (excluding diaryl/α,β-unsaturated/α-hetero) is 1. The van der Waals surface area contributed by atoms with E-state index in [4.69, 9.17) is 0 Å². The summed E-state index contributed by atoms with van der Waals surface area (Å²) in [4.78, 5) is 11.8. The third-order valence-corrected chi connectivity index (χ3v) is 2.77. The molecule has 1 N–H and O–H groups in total.